The molecule has 1 aromatic heterocycles. The smallest absolute Gasteiger partial charge is 0.233 e. The second-order valence-corrected chi connectivity index (χ2v) is 4.07. The molecule has 0 aliphatic heterocycles. The van der Waals surface area contributed by atoms with Crippen molar-refractivity contribution in [3.05, 3.63) is 17.8 Å². The number of nitrogens with one attached hydrogen (secondary N) is 1. The number of hydrogen-bond acceptors (Lipinski definition) is 5. The molecule has 0 radical (unpaired) electrons. The van der Waals surface area contributed by atoms with E-state index in [1.807, 2.05) is 6.07 Å². The lowest BCUT2D eigenvalue weighted by Gasteiger charge is -2.14. The predicted octanol–water partition coefficient (Wildman–Crippen LogP) is 1.96. The van der Waals surface area contributed by atoms with Crippen LogP contribution in [0, 0.1) is 0 Å². The molecular formula is C12H22N4O. The summed E-state index contributed by atoms with van der Waals surface area (Å²) in [4.78, 5) is 0. The van der Waals surface area contributed by atoms with Crippen LogP contribution in [0.1, 0.15) is 50.8 Å². The Morgan fingerprint density at radius 3 is 2.65 bits per heavy atom. The molecule has 5 heteroatoms. The fourth-order valence-electron chi connectivity index (χ4n) is 1.72. The van der Waals surface area contributed by atoms with Crippen LogP contribution < -0.4 is 16.0 Å². The van der Waals surface area contributed by atoms with Gasteiger partial charge in [0.25, 0.3) is 0 Å². The van der Waals surface area contributed by atoms with Crippen molar-refractivity contribution in [2.45, 2.75) is 45.1 Å². The number of unbranched alkanes of at least 4 members (excludes halogenated alkanes) is 3. The second kappa shape index (κ2) is 7.97. The molecule has 17 heavy (non-hydrogen) atoms. The summed E-state index contributed by atoms with van der Waals surface area (Å²) in [6.45, 7) is 2.20. The Labute approximate surface area is 103 Å². The average Bonchev–Trinajstić information content (AvgIpc) is 2.39. The molecule has 0 aromatic carbocycles. The van der Waals surface area contributed by atoms with Gasteiger partial charge in [-0.1, -0.05) is 32.6 Å². The van der Waals surface area contributed by atoms with E-state index in [0.29, 0.717) is 5.88 Å². The van der Waals surface area contributed by atoms with Crippen LogP contribution in [-0.2, 0) is 0 Å². The van der Waals surface area contributed by atoms with Crippen LogP contribution in [-0.4, -0.2) is 17.3 Å². The van der Waals surface area contributed by atoms with Crippen LogP contribution in [0.3, 0.4) is 0 Å². The number of methoxy groups -OCH3 is 1. The summed E-state index contributed by atoms with van der Waals surface area (Å²) >= 11 is 0. The van der Waals surface area contributed by atoms with E-state index in [1.54, 1.807) is 13.2 Å². The summed E-state index contributed by atoms with van der Waals surface area (Å²) in [5.74, 6) is 6.06. The monoisotopic (exact) mass is 238 g/mol. The van der Waals surface area contributed by atoms with Gasteiger partial charge in [-0.3, -0.25) is 11.3 Å². The molecule has 1 rings (SSSR count). The minimum atomic E-state index is 0.0743. The molecule has 1 atom stereocenters. The Hall–Kier alpha value is -1.20. The quantitative estimate of drug-likeness (QED) is 0.411. The maximum Gasteiger partial charge on any atom is 0.233 e. The number of nitrogens with two attached hydrogens (primary N) is 1. The molecule has 96 valence electrons. The Bertz CT molecular complexity index is 302. The minimum absolute atomic E-state index is 0.0743. The van der Waals surface area contributed by atoms with Crippen LogP contribution in [0.15, 0.2) is 12.1 Å². The van der Waals surface area contributed by atoms with Crippen molar-refractivity contribution >= 4 is 0 Å². The molecule has 5 nitrogen and oxygen atoms in total. The highest BCUT2D eigenvalue weighted by Crippen LogP contribution is 2.18. The lowest BCUT2D eigenvalue weighted by atomic mass is 10.1. The second-order valence-electron chi connectivity index (χ2n) is 4.07. The van der Waals surface area contributed by atoms with E-state index >= 15 is 0 Å². The van der Waals surface area contributed by atoms with Crippen molar-refractivity contribution in [2.24, 2.45) is 5.84 Å². The van der Waals surface area contributed by atoms with Gasteiger partial charge in [0, 0.05) is 6.07 Å². The summed E-state index contributed by atoms with van der Waals surface area (Å²) in [6, 6.07) is 3.78. The molecule has 1 heterocycles. The van der Waals surface area contributed by atoms with Crippen LogP contribution >= 0.6 is 0 Å². The van der Waals surface area contributed by atoms with Crippen molar-refractivity contribution in [1.29, 1.82) is 0 Å². The van der Waals surface area contributed by atoms with Crippen molar-refractivity contribution in [3.63, 3.8) is 0 Å². The van der Waals surface area contributed by atoms with E-state index in [4.69, 9.17) is 10.6 Å². The summed E-state index contributed by atoms with van der Waals surface area (Å²) in [5, 5.41) is 8.04. The van der Waals surface area contributed by atoms with Crippen LogP contribution in [0.25, 0.3) is 0 Å². The first-order chi connectivity index (χ1) is 8.31. The van der Waals surface area contributed by atoms with Gasteiger partial charge in [-0.25, -0.2) is 0 Å². The molecule has 1 aromatic rings. The number of hydrogen-bond donors (Lipinski definition) is 2. The zero-order valence-corrected chi connectivity index (χ0v) is 10.6. The van der Waals surface area contributed by atoms with E-state index in [-0.39, 0.29) is 6.04 Å². The number of rotatable bonds is 8. The van der Waals surface area contributed by atoms with E-state index in [2.05, 4.69) is 22.5 Å². The molecule has 0 amide bonds. The highest BCUT2D eigenvalue weighted by Gasteiger charge is 2.11. The fraction of sp³-hybridized carbons (Fsp3) is 0.667. The van der Waals surface area contributed by atoms with Gasteiger partial charge < -0.3 is 4.74 Å². The zero-order valence-electron chi connectivity index (χ0n) is 10.6. The molecule has 0 fully saturated rings. The highest BCUT2D eigenvalue weighted by molar-refractivity contribution is 5.13. The Balaban J connectivity index is 2.47. The first kappa shape index (κ1) is 13.9. The van der Waals surface area contributed by atoms with Gasteiger partial charge in [-0.2, -0.15) is 5.10 Å². The SMILES string of the molecule is CCCCCCC(NN)c1ccc(OC)nn1. The number of nitrogens with zero attached hydrogens (tertiary/aromatic N) is 2. The maximum atomic E-state index is 5.54. The summed E-state index contributed by atoms with van der Waals surface area (Å²) in [5.41, 5.74) is 3.65. The first-order valence-corrected chi connectivity index (χ1v) is 6.15. The predicted molar refractivity (Wildman–Crippen MR) is 67.4 cm³/mol. The lowest BCUT2D eigenvalue weighted by molar-refractivity contribution is 0.387. The van der Waals surface area contributed by atoms with Gasteiger partial charge in [-0.05, 0) is 12.5 Å². The van der Waals surface area contributed by atoms with Crippen molar-refractivity contribution in [2.75, 3.05) is 7.11 Å². The van der Waals surface area contributed by atoms with Gasteiger partial charge in [0.05, 0.1) is 18.8 Å². The van der Waals surface area contributed by atoms with Crippen molar-refractivity contribution in [3.8, 4) is 5.88 Å². The fourth-order valence-corrected chi connectivity index (χ4v) is 1.72. The van der Waals surface area contributed by atoms with E-state index in [9.17, 15) is 0 Å². The molecule has 0 aliphatic rings. The Morgan fingerprint density at radius 1 is 1.29 bits per heavy atom. The summed E-state index contributed by atoms with van der Waals surface area (Å²) < 4.78 is 4.97. The average molecular weight is 238 g/mol. The first-order valence-electron chi connectivity index (χ1n) is 6.15. The standard InChI is InChI=1S/C12H22N4O/c1-3-4-5-6-7-10(14-13)11-8-9-12(17-2)16-15-11/h8-10,14H,3-7,13H2,1-2H3. The summed E-state index contributed by atoms with van der Waals surface area (Å²) in [7, 11) is 1.58. The zero-order chi connectivity index (χ0) is 12.5. The lowest BCUT2D eigenvalue weighted by Crippen LogP contribution is -2.28. The molecule has 0 bridgehead atoms. The van der Waals surface area contributed by atoms with E-state index in [0.717, 1.165) is 18.5 Å². The maximum absolute atomic E-state index is 5.54. The third-order valence-electron chi connectivity index (χ3n) is 2.77. The largest absolute Gasteiger partial charge is 0.480 e. The van der Waals surface area contributed by atoms with Crippen molar-refractivity contribution < 1.29 is 4.74 Å². The molecule has 0 aliphatic carbocycles. The van der Waals surface area contributed by atoms with Gasteiger partial charge in [0.15, 0.2) is 0 Å². The topological polar surface area (TPSA) is 73.1 Å². The third kappa shape index (κ3) is 4.66. The van der Waals surface area contributed by atoms with Crippen LogP contribution in [0.4, 0.5) is 0 Å². The molecular weight excluding hydrogens is 216 g/mol. The van der Waals surface area contributed by atoms with Crippen molar-refractivity contribution in [1.82, 2.24) is 15.6 Å². The van der Waals surface area contributed by atoms with Gasteiger partial charge in [0.1, 0.15) is 0 Å². The van der Waals surface area contributed by atoms with Crippen LogP contribution in [0.5, 0.6) is 5.88 Å². The number of hydrazine groups is 1. The van der Waals surface area contributed by atoms with E-state index < -0.39 is 0 Å². The number of aromatic nitrogens is 2. The van der Waals surface area contributed by atoms with Crippen LogP contribution in [0.2, 0.25) is 0 Å². The normalized spacial score (nSPS) is 12.4. The molecule has 0 saturated carbocycles. The van der Waals surface area contributed by atoms with Gasteiger partial charge >= 0.3 is 0 Å². The molecule has 0 saturated heterocycles. The molecule has 1 unspecified atom stereocenters. The highest BCUT2D eigenvalue weighted by atomic mass is 16.5. The summed E-state index contributed by atoms with van der Waals surface area (Å²) in [6.07, 6.45) is 5.88. The third-order valence-corrected chi connectivity index (χ3v) is 2.77. The van der Waals surface area contributed by atoms with Gasteiger partial charge in [0.2, 0.25) is 5.88 Å². The molecule has 0 spiro atoms. The Kier molecular flexibility index (Phi) is 6.50. The Morgan fingerprint density at radius 2 is 2.12 bits per heavy atom. The van der Waals surface area contributed by atoms with E-state index in [1.165, 1.54) is 19.3 Å². The molecule has 3 N–H and O–H groups in total. The minimum Gasteiger partial charge on any atom is -0.480 e. The van der Waals surface area contributed by atoms with Gasteiger partial charge in [-0.15, -0.1) is 5.10 Å². The number of ether oxygens (including phenoxy) is 1.